The maximum atomic E-state index is 12.5. The van der Waals surface area contributed by atoms with E-state index < -0.39 is 24.8 Å². The predicted octanol–water partition coefficient (Wildman–Crippen LogP) is 2.16. The summed E-state index contributed by atoms with van der Waals surface area (Å²) < 4.78 is 48.7. The van der Waals surface area contributed by atoms with Crippen molar-refractivity contribution in [2.24, 2.45) is 11.1 Å². The van der Waals surface area contributed by atoms with Crippen LogP contribution in [0.2, 0.25) is 0 Å². The molecular formula is C11H20F4N2O. The molecule has 18 heavy (non-hydrogen) atoms. The van der Waals surface area contributed by atoms with Crippen molar-refractivity contribution in [1.29, 1.82) is 0 Å². The molecule has 108 valence electrons. The maximum Gasteiger partial charge on any atom is 0.324 e. The van der Waals surface area contributed by atoms with Crippen LogP contribution in [0.4, 0.5) is 17.6 Å². The average molecular weight is 272 g/mol. The van der Waals surface area contributed by atoms with Gasteiger partial charge < -0.3 is 11.1 Å². The molecule has 0 rings (SSSR count). The third-order valence-corrected chi connectivity index (χ3v) is 2.69. The molecule has 1 amide bonds. The van der Waals surface area contributed by atoms with Crippen LogP contribution >= 0.6 is 0 Å². The molecule has 0 aromatic rings. The summed E-state index contributed by atoms with van der Waals surface area (Å²) in [5.74, 6) is -4.83. The fraction of sp³-hybridized carbons (Fsp3) is 0.909. The van der Waals surface area contributed by atoms with Crippen LogP contribution in [-0.2, 0) is 4.79 Å². The molecule has 0 bridgehead atoms. The van der Waals surface area contributed by atoms with Gasteiger partial charge >= 0.3 is 12.3 Å². The van der Waals surface area contributed by atoms with Crippen molar-refractivity contribution in [1.82, 2.24) is 5.32 Å². The maximum absolute atomic E-state index is 12.5. The highest BCUT2D eigenvalue weighted by Crippen LogP contribution is 2.26. The van der Waals surface area contributed by atoms with Gasteiger partial charge in [-0.1, -0.05) is 13.8 Å². The Morgan fingerprint density at radius 3 is 2.28 bits per heavy atom. The Morgan fingerprint density at radius 1 is 1.28 bits per heavy atom. The minimum absolute atomic E-state index is 0.0202. The molecule has 3 nitrogen and oxygen atoms in total. The number of hydrogen-bond acceptors (Lipinski definition) is 2. The summed E-state index contributed by atoms with van der Waals surface area (Å²) in [4.78, 5) is 11.2. The lowest BCUT2D eigenvalue weighted by molar-refractivity contribution is -0.136. The number of amides is 1. The van der Waals surface area contributed by atoms with Gasteiger partial charge in [-0.3, -0.25) is 4.79 Å². The lowest BCUT2D eigenvalue weighted by Gasteiger charge is -2.23. The normalized spacial score (nSPS) is 12.9. The largest absolute Gasteiger partial charge is 0.350 e. The van der Waals surface area contributed by atoms with Crippen LogP contribution in [0, 0.1) is 5.41 Å². The summed E-state index contributed by atoms with van der Waals surface area (Å²) in [6, 6.07) is 0. The van der Waals surface area contributed by atoms with Gasteiger partial charge in [0.15, 0.2) is 0 Å². The molecule has 0 aromatic heterocycles. The summed E-state index contributed by atoms with van der Waals surface area (Å²) in [5.41, 5.74) is 5.22. The minimum Gasteiger partial charge on any atom is -0.350 e. The summed E-state index contributed by atoms with van der Waals surface area (Å²) in [6.45, 7) is 2.95. The molecule has 0 saturated heterocycles. The molecule has 0 aliphatic rings. The number of rotatable bonds is 8. The molecule has 0 aliphatic heterocycles. The van der Waals surface area contributed by atoms with E-state index in [1.165, 1.54) is 0 Å². The van der Waals surface area contributed by atoms with E-state index in [0.717, 1.165) is 0 Å². The van der Waals surface area contributed by atoms with Crippen LogP contribution in [0.5, 0.6) is 0 Å². The highest BCUT2D eigenvalue weighted by molar-refractivity contribution is 5.75. The first kappa shape index (κ1) is 17.2. The zero-order chi connectivity index (χ0) is 14.4. The van der Waals surface area contributed by atoms with Crippen molar-refractivity contribution in [3.8, 4) is 0 Å². The summed E-state index contributed by atoms with van der Waals surface area (Å²) in [6.07, 6.45) is -2.58. The molecule has 0 saturated carbocycles. The predicted molar refractivity (Wildman–Crippen MR) is 60.6 cm³/mol. The SMILES string of the molecule is CC(C)(CCN)CCC(=O)NCC(F)(F)C(F)F. The molecule has 0 spiro atoms. The van der Waals surface area contributed by atoms with Gasteiger partial charge in [0.2, 0.25) is 5.91 Å². The summed E-state index contributed by atoms with van der Waals surface area (Å²) >= 11 is 0. The first-order valence-corrected chi connectivity index (χ1v) is 5.73. The molecular weight excluding hydrogens is 252 g/mol. The first-order valence-electron chi connectivity index (χ1n) is 5.73. The molecule has 0 heterocycles. The highest BCUT2D eigenvalue weighted by atomic mass is 19.3. The van der Waals surface area contributed by atoms with Crippen molar-refractivity contribution in [3.63, 3.8) is 0 Å². The quantitative estimate of drug-likeness (QED) is 0.665. The monoisotopic (exact) mass is 272 g/mol. The second-order valence-corrected chi connectivity index (χ2v) is 5.04. The Bertz CT molecular complexity index is 270. The Hall–Kier alpha value is -0.850. The van der Waals surface area contributed by atoms with Crippen LogP contribution in [0.3, 0.4) is 0 Å². The molecule has 0 aromatic carbocycles. The van der Waals surface area contributed by atoms with Gasteiger partial charge in [0.05, 0.1) is 6.54 Å². The number of carbonyl (C=O) groups is 1. The lowest BCUT2D eigenvalue weighted by Crippen LogP contribution is -2.41. The van der Waals surface area contributed by atoms with E-state index in [0.29, 0.717) is 19.4 Å². The minimum atomic E-state index is -4.18. The van der Waals surface area contributed by atoms with E-state index in [1.807, 2.05) is 19.2 Å². The topological polar surface area (TPSA) is 55.1 Å². The number of nitrogens with one attached hydrogen (secondary N) is 1. The molecule has 7 heteroatoms. The van der Waals surface area contributed by atoms with Crippen molar-refractivity contribution in [2.45, 2.75) is 45.5 Å². The number of carbonyl (C=O) groups excluding carboxylic acids is 1. The Labute approximate surface area is 104 Å². The van der Waals surface area contributed by atoms with Crippen LogP contribution in [-0.4, -0.2) is 31.3 Å². The summed E-state index contributed by atoms with van der Waals surface area (Å²) in [5, 5.41) is 1.82. The first-order chi connectivity index (χ1) is 8.10. The van der Waals surface area contributed by atoms with E-state index in [2.05, 4.69) is 0 Å². The van der Waals surface area contributed by atoms with E-state index in [4.69, 9.17) is 5.73 Å². The van der Waals surface area contributed by atoms with E-state index in [9.17, 15) is 22.4 Å². The zero-order valence-electron chi connectivity index (χ0n) is 10.6. The molecule has 0 unspecified atom stereocenters. The van der Waals surface area contributed by atoms with Crippen molar-refractivity contribution in [3.05, 3.63) is 0 Å². The van der Waals surface area contributed by atoms with Crippen LogP contribution in [0.15, 0.2) is 0 Å². The van der Waals surface area contributed by atoms with E-state index in [-0.39, 0.29) is 11.8 Å². The van der Waals surface area contributed by atoms with Gasteiger partial charge in [-0.25, -0.2) is 8.78 Å². The Morgan fingerprint density at radius 2 is 1.83 bits per heavy atom. The Balaban J connectivity index is 4.00. The van der Waals surface area contributed by atoms with Crippen LogP contribution in [0.25, 0.3) is 0 Å². The van der Waals surface area contributed by atoms with E-state index >= 15 is 0 Å². The average Bonchev–Trinajstić information content (AvgIpc) is 2.23. The zero-order valence-corrected chi connectivity index (χ0v) is 10.6. The van der Waals surface area contributed by atoms with Gasteiger partial charge in [0.1, 0.15) is 0 Å². The third kappa shape index (κ3) is 6.78. The second kappa shape index (κ2) is 6.92. The molecule has 3 N–H and O–H groups in total. The van der Waals surface area contributed by atoms with Gasteiger partial charge in [-0.2, -0.15) is 8.78 Å². The third-order valence-electron chi connectivity index (χ3n) is 2.69. The molecule has 0 radical (unpaired) electrons. The van der Waals surface area contributed by atoms with E-state index in [1.54, 1.807) is 0 Å². The molecule has 0 atom stereocenters. The molecule has 0 fully saturated rings. The van der Waals surface area contributed by atoms with Crippen LogP contribution < -0.4 is 11.1 Å². The van der Waals surface area contributed by atoms with Crippen molar-refractivity contribution in [2.75, 3.05) is 13.1 Å². The highest BCUT2D eigenvalue weighted by Gasteiger charge is 2.40. The van der Waals surface area contributed by atoms with Gasteiger partial charge in [-0.05, 0) is 24.8 Å². The van der Waals surface area contributed by atoms with Gasteiger partial charge in [0.25, 0.3) is 0 Å². The number of hydrogen-bond donors (Lipinski definition) is 2. The fourth-order valence-electron chi connectivity index (χ4n) is 1.35. The number of nitrogens with two attached hydrogens (primary N) is 1. The van der Waals surface area contributed by atoms with Gasteiger partial charge in [-0.15, -0.1) is 0 Å². The lowest BCUT2D eigenvalue weighted by atomic mass is 9.84. The second-order valence-electron chi connectivity index (χ2n) is 5.04. The van der Waals surface area contributed by atoms with Gasteiger partial charge in [0, 0.05) is 6.42 Å². The smallest absolute Gasteiger partial charge is 0.324 e. The van der Waals surface area contributed by atoms with Crippen LogP contribution in [0.1, 0.15) is 33.1 Å². The summed E-state index contributed by atoms with van der Waals surface area (Å²) in [7, 11) is 0. The van der Waals surface area contributed by atoms with Crippen molar-refractivity contribution < 1.29 is 22.4 Å². The van der Waals surface area contributed by atoms with Crippen molar-refractivity contribution >= 4 is 5.91 Å². The Kier molecular flexibility index (Phi) is 6.59. The fourth-order valence-corrected chi connectivity index (χ4v) is 1.35. The molecule has 0 aliphatic carbocycles. The standard InChI is InChI=1S/C11H20F4N2O/c1-10(2,5-6-16)4-3-8(18)17-7-11(14,15)9(12)13/h9H,3-7,16H2,1-2H3,(H,17,18). The number of halogens is 4. The number of alkyl halides is 4.